The van der Waals surface area contributed by atoms with Gasteiger partial charge in [0.05, 0.1) is 5.69 Å². The maximum Gasteiger partial charge on any atom is 0.490 e. The summed E-state index contributed by atoms with van der Waals surface area (Å²) in [5.41, 5.74) is 1.25. The van der Waals surface area contributed by atoms with Crippen LogP contribution >= 0.6 is 11.3 Å². The Morgan fingerprint density at radius 1 is 1.15 bits per heavy atom. The van der Waals surface area contributed by atoms with E-state index >= 15 is 0 Å². The lowest BCUT2D eigenvalue weighted by Crippen LogP contribution is -2.43. The number of nitrogens with zero attached hydrogens (tertiary/aromatic N) is 1. The smallest absolute Gasteiger partial charge is 0.475 e. The molecule has 0 radical (unpaired) electrons. The Morgan fingerprint density at radius 2 is 1.71 bits per heavy atom. The van der Waals surface area contributed by atoms with Crippen molar-refractivity contribution < 1.29 is 41.4 Å². The number of carbonyl (C=O) groups excluding carboxylic acids is 1. The first kappa shape index (κ1) is 25.9. The molecule has 2 bridgehead atoms. The molecule has 2 fully saturated rings. The number of rotatable bonds is 4. The molecule has 2 aromatic rings. The molecule has 186 valence electrons. The first-order chi connectivity index (χ1) is 15.9. The second-order valence-corrected chi connectivity index (χ2v) is 9.16. The molecule has 2 atom stereocenters. The average Bonchev–Trinajstić information content (AvgIpc) is 3.32. The Labute approximate surface area is 196 Å². The van der Waals surface area contributed by atoms with Crippen molar-refractivity contribution >= 4 is 29.1 Å². The molecule has 2 aliphatic rings. The molecule has 3 heterocycles. The minimum Gasteiger partial charge on any atom is -0.475 e. The number of hydrogen-bond donors (Lipinski definition) is 2. The molecule has 0 spiro atoms. The summed E-state index contributed by atoms with van der Waals surface area (Å²) in [6.07, 6.45) is -1.16. The maximum absolute atomic E-state index is 13.4. The highest BCUT2D eigenvalue weighted by molar-refractivity contribution is 7.10. The van der Waals surface area contributed by atoms with E-state index in [1.807, 2.05) is 11.4 Å². The first-order valence-electron chi connectivity index (χ1n) is 10.4. The molecule has 2 saturated heterocycles. The van der Waals surface area contributed by atoms with Crippen molar-refractivity contribution in [1.29, 1.82) is 0 Å². The van der Waals surface area contributed by atoms with Crippen molar-refractivity contribution in [3.05, 3.63) is 51.7 Å². The van der Waals surface area contributed by atoms with E-state index in [2.05, 4.69) is 5.32 Å². The lowest BCUT2D eigenvalue weighted by molar-refractivity contribution is -0.192. The zero-order valence-electron chi connectivity index (χ0n) is 18.1. The van der Waals surface area contributed by atoms with E-state index in [-0.39, 0.29) is 12.2 Å². The number of halogens is 5. The second-order valence-electron chi connectivity index (χ2n) is 8.16. The molecule has 0 aliphatic carbocycles. The summed E-state index contributed by atoms with van der Waals surface area (Å²) < 4.78 is 64.4. The highest BCUT2D eigenvalue weighted by Crippen LogP contribution is 2.31. The van der Waals surface area contributed by atoms with Gasteiger partial charge < -0.3 is 15.2 Å². The summed E-state index contributed by atoms with van der Waals surface area (Å²) in [4.78, 5) is 23.9. The van der Waals surface area contributed by atoms with Gasteiger partial charge in [-0.15, -0.1) is 11.3 Å². The molecular formula is C22H23F5N2O4S. The highest BCUT2D eigenvalue weighted by atomic mass is 32.1. The largest absolute Gasteiger partial charge is 0.490 e. The van der Waals surface area contributed by atoms with E-state index in [1.54, 1.807) is 7.05 Å². The fourth-order valence-corrected chi connectivity index (χ4v) is 5.02. The molecule has 0 saturated carbocycles. The fourth-order valence-electron chi connectivity index (χ4n) is 4.08. The molecular weight excluding hydrogens is 483 g/mol. The van der Waals surface area contributed by atoms with E-state index in [1.165, 1.54) is 28.4 Å². The third kappa shape index (κ3) is 6.89. The number of carboxylic acid groups (broad SMARTS) is 1. The van der Waals surface area contributed by atoms with E-state index in [0.29, 0.717) is 29.8 Å². The number of hydrogen-bond acceptors (Lipinski definition) is 5. The zero-order valence-corrected chi connectivity index (χ0v) is 18.9. The number of carboxylic acids is 1. The van der Waals surface area contributed by atoms with Crippen molar-refractivity contribution in [2.24, 2.45) is 0 Å². The Bertz CT molecular complexity index is 997. The van der Waals surface area contributed by atoms with Crippen LogP contribution in [-0.4, -0.2) is 48.6 Å². The van der Waals surface area contributed by atoms with Crippen LogP contribution in [0.3, 0.4) is 0 Å². The molecule has 4 rings (SSSR count). The molecule has 34 heavy (non-hydrogen) atoms. The Morgan fingerprint density at radius 3 is 2.24 bits per heavy atom. The van der Waals surface area contributed by atoms with Crippen LogP contribution in [0.15, 0.2) is 29.6 Å². The van der Waals surface area contributed by atoms with Crippen molar-refractivity contribution in [1.82, 2.24) is 5.32 Å². The molecule has 1 aromatic heterocycles. The molecule has 1 amide bonds. The van der Waals surface area contributed by atoms with Crippen LogP contribution in [0.1, 0.15) is 36.1 Å². The molecule has 1 aromatic carbocycles. The van der Waals surface area contributed by atoms with E-state index in [4.69, 9.17) is 14.6 Å². The van der Waals surface area contributed by atoms with Gasteiger partial charge in [-0.25, -0.2) is 18.4 Å². The van der Waals surface area contributed by atoms with Crippen LogP contribution in [0.25, 0.3) is 0 Å². The summed E-state index contributed by atoms with van der Waals surface area (Å²) >= 11 is 1.45. The van der Waals surface area contributed by atoms with Crippen LogP contribution < -0.4 is 10.2 Å². The van der Waals surface area contributed by atoms with Crippen molar-refractivity contribution in [2.45, 2.75) is 56.5 Å². The summed E-state index contributed by atoms with van der Waals surface area (Å²) in [6.45, 7) is 0. The van der Waals surface area contributed by atoms with Gasteiger partial charge in [0.2, 0.25) is 0 Å². The van der Waals surface area contributed by atoms with E-state index in [0.717, 1.165) is 36.6 Å². The molecule has 12 heteroatoms. The molecule has 2 unspecified atom stereocenters. The number of carbonyl (C=O) groups is 2. The number of aliphatic carboxylic acids is 1. The quantitative estimate of drug-likeness (QED) is 0.564. The maximum atomic E-state index is 13.4. The van der Waals surface area contributed by atoms with Gasteiger partial charge >= 0.3 is 18.2 Å². The van der Waals surface area contributed by atoms with E-state index < -0.39 is 23.8 Å². The van der Waals surface area contributed by atoms with Crippen LogP contribution in [0, 0.1) is 11.6 Å². The van der Waals surface area contributed by atoms with Gasteiger partial charge in [-0.3, -0.25) is 4.90 Å². The van der Waals surface area contributed by atoms with Crippen LogP contribution in [0.4, 0.5) is 32.4 Å². The highest BCUT2D eigenvalue weighted by Gasteiger charge is 2.38. The van der Waals surface area contributed by atoms with Crippen molar-refractivity contribution in [2.75, 3.05) is 11.9 Å². The summed E-state index contributed by atoms with van der Waals surface area (Å²) in [6, 6.07) is 6.22. The average molecular weight is 506 g/mol. The number of benzene rings is 1. The second kappa shape index (κ2) is 10.7. The number of ether oxygens (including phenoxy) is 1. The lowest BCUT2D eigenvalue weighted by atomic mass is 10.0. The Balaban J connectivity index is 0.000000406. The van der Waals surface area contributed by atoms with Crippen LogP contribution in [0.5, 0.6) is 0 Å². The number of piperidine rings is 1. The summed E-state index contributed by atoms with van der Waals surface area (Å²) in [5.74, 6) is -3.96. The predicted molar refractivity (Wildman–Crippen MR) is 115 cm³/mol. The predicted octanol–water partition coefficient (Wildman–Crippen LogP) is 5.11. The first-order valence-corrected chi connectivity index (χ1v) is 11.3. The summed E-state index contributed by atoms with van der Waals surface area (Å²) in [7, 11) is 1.68. The number of amides is 1. The topological polar surface area (TPSA) is 78.9 Å². The minimum absolute atomic E-state index is 0.0573. The SMILES string of the molecule is CN(C(=O)OC1CC2CCC(C1)N2)c1ccsc1Cc1cc(F)cc(F)c1.O=C(O)C(F)(F)F. The third-order valence-electron chi connectivity index (χ3n) is 5.58. The van der Waals surface area contributed by atoms with Gasteiger partial charge in [-0.05, 0) is 54.8 Å². The van der Waals surface area contributed by atoms with Gasteiger partial charge in [-0.1, -0.05) is 0 Å². The summed E-state index contributed by atoms with van der Waals surface area (Å²) in [5, 5.41) is 12.5. The normalized spacial score (nSPS) is 21.4. The van der Waals surface area contributed by atoms with E-state index in [9.17, 15) is 26.7 Å². The lowest BCUT2D eigenvalue weighted by Gasteiger charge is -2.30. The molecule has 6 nitrogen and oxygen atoms in total. The van der Waals surface area contributed by atoms with Gasteiger partial charge in [0.25, 0.3) is 0 Å². The fraction of sp³-hybridized carbons (Fsp3) is 0.455. The number of anilines is 1. The van der Waals surface area contributed by atoms with Crippen molar-refractivity contribution in [3.8, 4) is 0 Å². The van der Waals surface area contributed by atoms with Crippen LogP contribution in [0.2, 0.25) is 0 Å². The number of thiophene rings is 1. The van der Waals surface area contributed by atoms with Gasteiger partial charge in [0.15, 0.2) is 0 Å². The minimum atomic E-state index is -5.08. The van der Waals surface area contributed by atoms with Gasteiger partial charge in [0.1, 0.15) is 17.7 Å². The Kier molecular flexibility index (Phi) is 8.13. The van der Waals surface area contributed by atoms with Crippen LogP contribution in [-0.2, 0) is 16.0 Å². The zero-order chi connectivity index (χ0) is 25.0. The molecule has 2 N–H and O–H groups in total. The van der Waals surface area contributed by atoms with Gasteiger partial charge in [-0.2, -0.15) is 13.2 Å². The third-order valence-corrected chi connectivity index (χ3v) is 6.49. The molecule has 2 aliphatic heterocycles. The van der Waals surface area contributed by atoms with Gasteiger partial charge in [0, 0.05) is 36.5 Å². The Hall–Kier alpha value is -2.73. The number of alkyl halides is 3. The number of nitrogens with one attached hydrogen (secondary N) is 1. The number of fused-ring (bicyclic) bond motifs is 2. The monoisotopic (exact) mass is 506 g/mol. The standard InChI is InChI=1S/C20H22F2N2O2S.C2HF3O2/c1-24(20(25)26-17-10-15-2-3-16(11-17)23-15)18-4-5-27-19(18)8-12-6-13(21)9-14(22)7-12;3-2(4,5)1(6)7/h4-7,9,15-17,23H,2-3,8,10-11H2,1H3;(H,6,7). The van der Waals surface area contributed by atoms with Crippen molar-refractivity contribution in [3.63, 3.8) is 0 Å².